The Kier molecular flexibility index (Phi) is 7.45. The van der Waals surface area contributed by atoms with E-state index in [1.165, 1.54) is 23.9 Å². The molecule has 2 aromatic carbocycles. The molecule has 0 atom stereocenters. The predicted molar refractivity (Wildman–Crippen MR) is 124 cm³/mol. The highest BCUT2D eigenvalue weighted by Crippen LogP contribution is 2.26. The lowest BCUT2D eigenvalue weighted by molar-refractivity contribution is -0.139. The molecule has 0 spiro atoms. The summed E-state index contributed by atoms with van der Waals surface area (Å²) in [6, 6.07) is 14.9. The zero-order valence-corrected chi connectivity index (χ0v) is 19.8. The van der Waals surface area contributed by atoms with Gasteiger partial charge in [-0.2, -0.15) is 0 Å². The second-order valence-electron chi connectivity index (χ2n) is 6.96. The number of ketones is 1. The lowest BCUT2D eigenvalue weighted by atomic mass is 10.1. The predicted octanol–water partition coefficient (Wildman–Crippen LogP) is 3.91. The third kappa shape index (κ3) is 5.60. The van der Waals surface area contributed by atoms with Gasteiger partial charge in [0.15, 0.2) is 6.61 Å². The molecule has 168 valence electrons. The summed E-state index contributed by atoms with van der Waals surface area (Å²) in [4.78, 5) is 25.5. The van der Waals surface area contributed by atoms with Crippen molar-refractivity contribution < 1.29 is 22.7 Å². The Bertz CT molecular complexity index is 1270. The zero-order valence-electron chi connectivity index (χ0n) is 17.4. The molecule has 3 rings (SSSR count). The van der Waals surface area contributed by atoms with E-state index in [0.29, 0.717) is 22.0 Å². The number of benzene rings is 2. The van der Waals surface area contributed by atoms with E-state index in [1.54, 1.807) is 43.3 Å². The van der Waals surface area contributed by atoms with Crippen LogP contribution in [0.2, 0.25) is 5.02 Å². The van der Waals surface area contributed by atoms with Gasteiger partial charge in [0.2, 0.25) is 15.8 Å². The van der Waals surface area contributed by atoms with Crippen molar-refractivity contribution in [3.63, 3.8) is 0 Å². The molecule has 32 heavy (non-hydrogen) atoms. The van der Waals surface area contributed by atoms with Gasteiger partial charge in [-0.3, -0.25) is 9.59 Å². The second kappa shape index (κ2) is 9.91. The van der Waals surface area contributed by atoms with Crippen LogP contribution in [0.5, 0.6) is 0 Å². The molecule has 0 aliphatic heterocycles. The third-order valence-electron chi connectivity index (χ3n) is 4.70. The number of aromatic nitrogens is 1. The number of ether oxygens (including phenoxy) is 1. The average molecular weight is 493 g/mol. The Morgan fingerprint density at radius 1 is 1.09 bits per heavy atom. The van der Waals surface area contributed by atoms with E-state index in [4.69, 9.17) is 21.5 Å². The minimum Gasteiger partial charge on any atom is -0.457 e. The first-order valence-electron chi connectivity index (χ1n) is 9.46. The number of rotatable bonds is 8. The molecule has 0 bridgehead atoms. The summed E-state index contributed by atoms with van der Waals surface area (Å²) in [5, 5.41) is 5.69. The van der Waals surface area contributed by atoms with Crippen molar-refractivity contribution in [1.82, 2.24) is 4.57 Å². The maximum atomic E-state index is 12.7. The van der Waals surface area contributed by atoms with Crippen molar-refractivity contribution in [2.45, 2.75) is 23.6 Å². The number of sulfonamides is 1. The van der Waals surface area contributed by atoms with E-state index in [1.807, 2.05) is 17.6 Å². The summed E-state index contributed by atoms with van der Waals surface area (Å²) in [7, 11) is -3.79. The normalized spacial score (nSPS) is 11.4. The molecular weight excluding hydrogens is 472 g/mol. The third-order valence-corrected chi connectivity index (χ3v) is 7.12. The average Bonchev–Trinajstić information content (AvgIpc) is 3.05. The van der Waals surface area contributed by atoms with Gasteiger partial charge in [-0.1, -0.05) is 23.7 Å². The molecule has 0 aliphatic rings. The van der Waals surface area contributed by atoms with Crippen molar-refractivity contribution in [2.75, 3.05) is 12.4 Å². The summed E-state index contributed by atoms with van der Waals surface area (Å²) in [5.41, 5.74) is 2.52. The van der Waals surface area contributed by atoms with Gasteiger partial charge >= 0.3 is 5.97 Å². The maximum absolute atomic E-state index is 12.7. The number of Topliss-reactive ketones (excluding diaryl/α,β-unsaturated/α-hetero) is 1. The molecule has 0 saturated carbocycles. The fraction of sp³-hybridized carbons (Fsp3) is 0.182. The van der Waals surface area contributed by atoms with Crippen LogP contribution in [0.4, 0.5) is 0 Å². The van der Waals surface area contributed by atoms with E-state index in [2.05, 4.69) is 0 Å². The Labute approximate surface area is 195 Å². The summed E-state index contributed by atoms with van der Waals surface area (Å²) >= 11 is 7.30. The number of carbonyl (C=O) groups is 2. The van der Waals surface area contributed by atoms with Gasteiger partial charge in [-0.15, -0.1) is 11.8 Å². The molecule has 0 unspecified atom stereocenters. The Balaban J connectivity index is 1.66. The Morgan fingerprint density at radius 3 is 2.38 bits per heavy atom. The second-order valence-corrected chi connectivity index (χ2v) is 9.95. The zero-order chi connectivity index (χ0) is 23.5. The van der Waals surface area contributed by atoms with Gasteiger partial charge in [0, 0.05) is 27.5 Å². The van der Waals surface area contributed by atoms with Crippen LogP contribution in [-0.4, -0.2) is 37.1 Å². The first-order valence-corrected chi connectivity index (χ1v) is 12.4. The standard InChI is InChI=1S/C22H21ClN2O5S2/c1-14-11-18(15(2)25(14)16-7-9-17(10-8-16)32(24,28)29)20(26)12-30-22(27)13-31-21-6-4-3-5-19(21)23/h3-11H,12-13H2,1-2H3,(H2,24,28,29). The van der Waals surface area contributed by atoms with Crippen LogP contribution in [0.3, 0.4) is 0 Å². The highest BCUT2D eigenvalue weighted by molar-refractivity contribution is 8.00. The Morgan fingerprint density at radius 2 is 1.75 bits per heavy atom. The minimum absolute atomic E-state index is 0.00147. The van der Waals surface area contributed by atoms with E-state index >= 15 is 0 Å². The SMILES string of the molecule is Cc1cc(C(=O)COC(=O)CSc2ccccc2Cl)c(C)n1-c1ccc(S(N)(=O)=O)cc1. The van der Waals surface area contributed by atoms with Crippen LogP contribution in [0.15, 0.2) is 64.4 Å². The van der Waals surface area contributed by atoms with Crippen molar-refractivity contribution in [2.24, 2.45) is 5.14 Å². The van der Waals surface area contributed by atoms with Gasteiger partial charge in [-0.05, 0) is 56.3 Å². The van der Waals surface area contributed by atoms with E-state index in [0.717, 1.165) is 10.6 Å². The number of nitrogens with two attached hydrogens (primary N) is 1. The lowest BCUT2D eigenvalue weighted by Crippen LogP contribution is -2.16. The summed E-state index contributed by atoms with van der Waals surface area (Å²) < 4.78 is 29.9. The lowest BCUT2D eigenvalue weighted by Gasteiger charge is -2.11. The van der Waals surface area contributed by atoms with Crippen LogP contribution in [-0.2, 0) is 19.6 Å². The fourth-order valence-electron chi connectivity index (χ4n) is 3.19. The van der Waals surface area contributed by atoms with Crippen LogP contribution in [0.25, 0.3) is 5.69 Å². The number of halogens is 1. The van der Waals surface area contributed by atoms with Crippen LogP contribution < -0.4 is 5.14 Å². The van der Waals surface area contributed by atoms with Gasteiger partial charge in [0.1, 0.15) is 0 Å². The summed E-state index contributed by atoms with van der Waals surface area (Å²) in [6.45, 7) is 3.21. The number of aryl methyl sites for hydroxylation is 1. The van der Waals surface area contributed by atoms with Crippen LogP contribution in [0.1, 0.15) is 21.7 Å². The molecule has 0 fully saturated rings. The maximum Gasteiger partial charge on any atom is 0.316 e. The quantitative estimate of drug-likeness (QED) is 0.290. The molecular formula is C22H21ClN2O5S2. The largest absolute Gasteiger partial charge is 0.457 e. The number of nitrogens with zero attached hydrogens (tertiary/aromatic N) is 1. The number of thioether (sulfide) groups is 1. The topological polar surface area (TPSA) is 108 Å². The van der Waals surface area contributed by atoms with Crippen molar-refractivity contribution in [1.29, 1.82) is 0 Å². The molecule has 3 aromatic rings. The molecule has 1 heterocycles. The molecule has 0 saturated heterocycles. The van der Waals surface area contributed by atoms with E-state index < -0.39 is 16.0 Å². The van der Waals surface area contributed by atoms with Gasteiger partial charge in [-0.25, -0.2) is 13.6 Å². The highest BCUT2D eigenvalue weighted by atomic mass is 35.5. The Hall–Kier alpha value is -2.59. The fourth-order valence-corrected chi connectivity index (χ4v) is 4.74. The summed E-state index contributed by atoms with van der Waals surface area (Å²) in [6.07, 6.45) is 0. The smallest absolute Gasteiger partial charge is 0.316 e. The van der Waals surface area contributed by atoms with E-state index in [9.17, 15) is 18.0 Å². The van der Waals surface area contributed by atoms with Gasteiger partial charge in [0.25, 0.3) is 0 Å². The number of hydrogen-bond donors (Lipinski definition) is 1. The van der Waals surface area contributed by atoms with Crippen LogP contribution in [0, 0.1) is 13.8 Å². The number of hydrogen-bond acceptors (Lipinski definition) is 6. The van der Waals surface area contributed by atoms with E-state index in [-0.39, 0.29) is 23.0 Å². The molecule has 1 aromatic heterocycles. The molecule has 2 N–H and O–H groups in total. The van der Waals surface area contributed by atoms with Crippen molar-refractivity contribution in [3.8, 4) is 5.69 Å². The number of primary sulfonamides is 1. The first-order chi connectivity index (χ1) is 15.1. The molecule has 0 amide bonds. The summed E-state index contributed by atoms with van der Waals surface area (Å²) in [5.74, 6) is -0.816. The molecule has 10 heteroatoms. The van der Waals surface area contributed by atoms with Gasteiger partial charge < -0.3 is 9.30 Å². The van der Waals surface area contributed by atoms with Crippen molar-refractivity contribution >= 4 is 45.1 Å². The number of carbonyl (C=O) groups excluding carboxylic acids is 2. The van der Waals surface area contributed by atoms with Crippen LogP contribution >= 0.6 is 23.4 Å². The molecule has 0 radical (unpaired) electrons. The number of esters is 1. The minimum atomic E-state index is -3.79. The van der Waals surface area contributed by atoms with Crippen molar-refractivity contribution in [3.05, 3.63) is 76.6 Å². The monoisotopic (exact) mass is 492 g/mol. The molecule has 7 nitrogen and oxygen atoms in total. The van der Waals surface area contributed by atoms with Gasteiger partial charge in [0.05, 0.1) is 15.7 Å². The highest BCUT2D eigenvalue weighted by Gasteiger charge is 2.19. The molecule has 0 aliphatic carbocycles. The first kappa shape index (κ1) is 24.1.